The van der Waals surface area contributed by atoms with E-state index in [1.54, 1.807) is 18.1 Å². The topological polar surface area (TPSA) is 58.1 Å². The Kier molecular flexibility index (Phi) is 4.87. The summed E-state index contributed by atoms with van der Waals surface area (Å²) >= 11 is 0. The molecular weight excluding hydrogens is 264 g/mol. The molecule has 0 saturated carbocycles. The Hall–Kier alpha value is -2.43. The minimum Gasteiger partial charge on any atom is -0.369 e. The molecule has 0 atom stereocenters. The Morgan fingerprint density at radius 1 is 1.19 bits per heavy atom. The highest BCUT2D eigenvalue weighted by molar-refractivity contribution is 6.04. The Bertz CT molecular complexity index is 610. The normalized spacial score (nSPS) is 10.2. The fourth-order valence-electron chi connectivity index (χ4n) is 1.98. The summed E-state index contributed by atoms with van der Waals surface area (Å²) in [5.74, 6) is 0.435. The van der Waals surface area contributed by atoms with Gasteiger partial charge in [-0.1, -0.05) is 19.1 Å². The summed E-state index contributed by atoms with van der Waals surface area (Å²) in [7, 11) is 1.74. The summed E-state index contributed by atoms with van der Waals surface area (Å²) in [6.45, 7) is 4.81. The molecule has 0 aliphatic rings. The molecule has 0 saturated heterocycles. The van der Waals surface area contributed by atoms with Gasteiger partial charge in [-0.2, -0.15) is 0 Å². The molecule has 0 aliphatic carbocycles. The van der Waals surface area contributed by atoms with Crippen molar-refractivity contribution in [2.24, 2.45) is 0 Å². The van der Waals surface area contributed by atoms with Gasteiger partial charge in [-0.15, -0.1) is 0 Å². The van der Waals surface area contributed by atoms with Gasteiger partial charge in [0.1, 0.15) is 11.5 Å². The molecule has 21 heavy (non-hydrogen) atoms. The van der Waals surface area contributed by atoms with E-state index < -0.39 is 0 Å². The van der Waals surface area contributed by atoms with Gasteiger partial charge in [-0.25, -0.2) is 4.98 Å². The zero-order valence-electron chi connectivity index (χ0n) is 12.6. The second-order valence-corrected chi connectivity index (χ2v) is 4.70. The Morgan fingerprint density at radius 3 is 2.52 bits per heavy atom. The van der Waals surface area contributed by atoms with Gasteiger partial charge < -0.3 is 10.2 Å². The van der Waals surface area contributed by atoms with E-state index in [1.807, 2.05) is 31.2 Å². The molecule has 0 bridgehead atoms. The number of hydrogen-bond acceptors (Lipinski definition) is 4. The van der Waals surface area contributed by atoms with Crippen LogP contribution >= 0.6 is 0 Å². The largest absolute Gasteiger partial charge is 0.369 e. The zero-order chi connectivity index (χ0) is 15.2. The van der Waals surface area contributed by atoms with E-state index in [1.165, 1.54) is 11.8 Å². The smallest absolute Gasteiger partial charge is 0.278 e. The average molecular weight is 284 g/mol. The predicted octanol–water partition coefficient (Wildman–Crippen LogP) is 2.75. The lowest BCUT2D eigenvalue weighted by atomic mass is 10.1. The second kappa shape index (κ2) is 6.83. The number of amides is 1. The number of anilines is 2. The van der Waals surface area contributed by atoms with E-state index in [4.69, 9.17) is 0 Å². The van der Waals surface area contributed by atoms with Gasteiger partial charge in [-0.05, 0) is 31.0 Å². The third kappa shape index (κ3) is 3.56. The van der Waals surface area contributed by atoms with Crippen molar-refractivity contribution < 1.29 is 4.79 Å². The van der Waals surface area contributed by atoms with E-state index in [0.717, 1.165) is 18.7 Å². The number of carbonyl (C=O) groups is 1. The third-order valence-corrected chi connectivity index (χ3v) is 3.25. The lowest BCUT2D eigenvalue weighted by molar-refractivity contribution is 0.0988. The lowest BCUT2D eigenvalue weighted by Gasteiger charge is -2.17. The predicted molar refractivity (Wildman–Crippen MR) is 84.7 cm³/mol. The summed E-state index contributed by atoms with van der Waals surface area (Å²) in [5.41, 5.74) is 2.41. The first kappa shape index (κ1) is 15.0. The molecule has 1 N–H and O–H groups in total. The van der Waals surface area contributed by atoms with Crippen LogP contribution in [0.5, 0.6) is 0 Å². The van der Waals surface area contributed by atoms with Crippen molar-refractivity contribution in [1.82, 2.24) is 9.97 Å². The van der Waals surface area contributed by atoms with Crippen molar-refractivity contribution >= 4 is 17.4 Å². The molecule has 110 valence electrons. The fraction of sp³-hybridized carbons (Fsp3) is 0.312. The quantitative estimate of drug-likeness (QED) is 0.917. The van der Waals surface area contributed by atoms with E-state index in [0.29, 0.717) is 11.5 Å². The second-order valence-electron chi connectivity index (χ2n) is 4.70. The van der Waals surface area contributed by atoms with E-state index in [9.17, 15) is 4.79 Å². The molecule has 0 aliphatic heterocycles. The van der Waals surface area contributed by atoms with E-state index in [-0.39, 0.29) is 5.91 Å². The lowest BCUT2D eigenvalue weighted by Crippen LogP contribution is -2.27. The summed E-state index contributed by atoms with van der Waals surface area (Å²) in [6.07, 6.45) is 4.07. The molecule has 0 radical (unpaired) electrons. The Morgan fingerprint density at radius 2 is 1.90 bits per heavy atom. The van der Waals surface area contributed by atoms with Crippen LogP contribution in [-0.2, 0) is 6.42 Å². The highest BCUT2D eigenvalue weighted by atomic mass is 16.2. The SMILES string of the molecule is CCNc1cncc(C(=O)N(C)c2ccc(CC)cc2)n1. The van der Waals surface area contributed by atoms with Crippen molar-refractivity contribution in [3.8, 4) is 0 Å². The standard InChI is InChI=1S/C16H20N4O/c1-4-12-6-8-13(9-7-12)20(3)16(21)14-10-17-11-15(19-14)18-5-2/h6-11H,4-5H2,1-3H3,(H,18,19). The summed E-state index contributed by atoms with van der Waals surface area (Å²) in [5, 5.41) is 3.05. The van der Waals surface area contributed by atoms with Crippen LogP contribution in [-0.4, -0.2) is 29.5 Å². The maximum atomic E-state index is 12.5. The zero-order valence-corrected chi connectivity index (χ0v) is 12.6. The minimum absolute atomic E-state index is 0.175. The van der Waals surface area contributed by atoms with Gasteiger partial charge in [0.15, 0.2) is 0 Å². The van der Waals surface area contributed by atoms with E-state index in [2.05, 4.69) is 22.2 Å². The molecular formula is C16H20N4O. The summed E-state index contributed by atoms with van der Waals surface area (Å²) < 4.78 is 0. The molecule has 1 aromatic carbocycles. The van der Waals surface area contributed by atoms with Crippen molar-refractivity contribution in [2.75, 3.05) is 23.8 Å². The van der Waals surface area contributed by atoms with Crippen molar-refractivity contribution in [3.05, 3.63) is 47.9 Å². The van der Waals surface area contributed by atoms with Crippen LogP contribution in [0.2, 0.25) is 0 Å². The maximum absolute atomic E-state index is 12.5. The summed E-state index contributed by atoms with van der Waals surface area (Å²) in [4.78, 5) is 22.4. The number of hydrogen-bond donors (Lipinski definition) is 1. The number of benzene rings is 1. The van der Waals surface area contributed by atoms with Gasteiger partial charge in [-0.3, -0.25) is 9.78 Å². The van der Waals surface area contributed by atoms with Gasteiger partial charge in [0.05, 0.1) is 12.4 Å². The van der Waals surface area contributed by atoms with Crippen molar-refractivity contribution in [3.63, 3.8) is 0 Å². The molecule has 1 amide bonds. The monoisotopic (exact) mass is 284 g/mol. The first-order chi connectivity index (χ1) is 10.2. The fourth-order valence-corrected chi connectivity index (χ4v) is 1.98. The molecule has 0 unspecified atom stereocenters. The summed E-state index contributed by atoms with van der Waals surface area (Å²) in [6, 6.07) is 7.94. The molecule has 0 spiro atoms. The highest BCUT2D eigenvalue weighted by Crippen LogP contribution is 2.16. The number of aromatic nitrogens is 2. The van der Waals surface area contributed by atoms with Gasteiger partial charge in [0.25, 0.3) is 5.91 Å². The van der Waals surface area contributed by atoms with Crippen molar-refractivity contribution in [1.29, 1.82) is 0 Å². The first-order valence-electron chi connectivity index (χ1n) is 7.08. The van der Waals surface area contributed by atoms with Crippen molar-refractivity contribution in [2.45, 2.75) is 20.3 Å². The van der Waals surface area contributed by atoms with Crippen LogP contribution < -0.4 is 10.2 Å². The van der Waals surface area contributed by atoms with Gasteiger partial charge >= 0.3 is 0 Å². The number of nitrogens with one attached hydrogen (secondary N) is 1. The molecule has 5 heteroatoms. The number of aryl methyl sites for hydroxylation is 1. The Balaban J connectivity index is 2.19. The molecule has 5 nitrogen and oxygen atoms in total. The van der Waals surface area contributed by atoms with Crippen LogP contribution in [0.25, 0.3) is 0 Å². The molecule has 1 aromatic heterocycles. The molecule has 2 rings (SSSR count). The molecule has 0 fully saturated rings. The number of carbonyl (C=O) groups excluding carboxylic acids is 1. The Labute approximate surface area is 125 Å². The minimum atomic E-state index is -0.175. The number of rotatable bonds is 5. The van der Waals surface area contributed by atoms with Gasteiger partial charge in [0, 0.05) is 19.3 Å². The molecule has 2 aromatic rings. The number of nitrogens with zero attached hydrogens (tertiary/aromatic N) is 3. The van der Waals surface area contributed by atoms with Crippen LogP contribution in [0.15, 0.2) is 36.7 Å². The van der Waals surface area contributed by atoms with Crippen LogP contribution in [0, 0.1) is 0 Å². The van der Waals surface area contributed by atoms with E-state index >= 15 is 0 Å². The first-order valence-corrected chi connectivity index (χ1v) is 7.08. The maximum Gasteiger partial charge on any atom is 0.278 e. The van der Waals surface area contributed by atoms with Crippen LogP contribution in [0.1, 0.15) is 29.9 Å². The van der Waals surface area contributed by atoms with Gasteiger partial charge in [0.2, 0.25) is 0 Å². The average Bonchev–Trinajstić information content (AvgIpc) is 2.54. The van der Waals surface area contributed by atoms with Crippen LogP contribution in [0.4, 0.5) is 11.5 Å². The third-order valence-electron chi connectivity index (χ3n) is 3.25. The molecule has 1 heterocycles. The highest BCUT2D eigenvalue weighted by Gasteiger charge is 2.15. The van der Waals surface area contributed by atoms with Crippen LogP contribution in [0.3, 0.4) is 0 Å².